The lowest BCUT2D eigenvalue weighted by Gasteiger charge is -2.08. The molecular weight excluding hydrogens is 420 g/mol. The smallest absolute Gasteiger partial charge is 0.339 e. The Morgan fingerprint density at radius 1 is 1.09 bits per heavy atom. The van der Waals surface area contributed by atoms with Gasteiger partial charge in [-0.25, -0.2) is 9.78 Å². The standard InChI is InChI=1S/C25H20N4O4/c1-16-5-6-20(15-26)24(27-16)33-12-11-29-10-9-22(28-29)19-4-2-3-17(13-19)18-7-8-21(25(31)32)23(30)14-18/h2-10,13-14,30H,11-12H2,1H3,(H,31,32). The Hall–Kier alpha value is -4.64. The lowest BCUT2D eigenvalue weighted by atomic mass is 10.00. The number of aromatic carboxylic acids is 1. The van der Waals surface area contributed by atoms with Crippen molar-refractivity contribution in [2.45, 2.75) is 13.5 Å². The van der Waals surface area contributed by atoms with Gasteiger partial charge < -0.3 is 14.9 Å². The van der Waals surface area contributed by atoms with Crippen molar-refractivity contribution < 1.29 is 19.7 Å². The van der Waals surface area contributed by atoms with Crippen molar-refractivity contribution in [1.82, 2.24) is 14.8 Å². The summed E-state index contributed by atoms with van der Waals surface area (Å²) in [7, 11) is 0. The van der Waals surface area contributed by atoms with E-state index in [1.807, 2.05) is 43.5 Å². The summed E-state index contributed by atoms with van der Waals surface area (Å²) in [6, 6.07) is 19.5. The number of ether oxygens (including phenoxy) is 1. The highest BCUT2D eigenvalue weighted by Gasteiger charge is 2.12. The topological polar surface area (TPSA) is 121 Å². The molecule has 0 aliphatic rings. The number of carboxylic acids is 1. The van der Waals surface area contributed by atoms with Crippen LogP contribution in [0.25, 0.3) is 22.4 Å². The first kappa shape index (κ1) is 21.6. The molecule has 4 aromatic rings. The molecule has 0 aliphatic heterocycles. The Balaban J connectivity index is 1.47. The van der Waals surface area contributed by atoms with E-state index in [-0.39, 0.29) is 11.3 Å². The number of nitrogens with zero attached hydrogens (tertiary/aromatic N) is 4. The molecule has 4 rings (SSSR count). The number of aromatic nitrogens is 3. The maximum absolute atomic E-state index is 11.1. The number of aryl methyl sites for hydroxylation is 1. The maximum atomic E-state index is 11.1. The van der Waals surface area contributed by atoms with E-state index in [4.69, 9.17) is 9.84 Å². The number of hydrogen-bond acceptors (Lipinski definition) is 6. The van der Waals surface area contributed by atoms with Crippen LogP contribution in [-0.4, -0.2) is 37.6 Å². The molecule has 164 valence electrons. The van der Waals surface area contributed by atoms with Gasteiger partial charge >= 0.3 is 5.97 Å². The van der Waals surface area contributed by atoms with E-state index >= 15 is 0 Å². The Morgan fingerprint density at radius 3 is 2.64 bits per heavy atom. The summed E-state index contributed by atoms with van der Waals surface area (Å²) in [6.07, 6.45) is 1.84. The number of carboxylic acid groups (broad SMARTS) is 1. The molecule has 2 N–H and O–H groups in total. The second-order valence-corrected chi connectivity index (χ2v) is 7.35. The van der Waals surface area contributed by atoms with Crippen molar-refractivity contribution in [3.63, 3.8) is 0 Å². The summed E-state index contributed by atoms with van der Waals surface area (Å²) in [5.74, 6) is -1.14. The number of benzene rings is 2. The molecule has 0 spiro atoms. The predicted octanol–water partition coefficient (Wildman–Crippen LogP) is 4.28. The van der Waals surface area contributed by atoms with E-state index in [9.17, 15) is 15.2 Å². The molecule has 0 atom stereocenters. The normalized spacial score (nSPS) is 10.5. The number of rotatable bonds is 7. The average molecular weight is 440 g/mol. The zero-order chi connectivity index (χ0) is 23.4. The summed E-state index contributed by atoms with van der Waals surface area (Å²) in [4.78, 5) is 15.4. The summed E-state index contributed by atoms with van der Waals surface area (Å²) in [5.41, 5.74) is 4.19. The second kappa shape index (κ2) is 9.24. The van der Waals surface area contributed by atoms with E-state index in [2.05, 4.69) is 16.2 Å². The van der Waals surface area contributed by atoms with Gasteiger partial charge in [-0.2, -0.15) is 10.4 Å². The molecule has 0 fully saturated rings. The van der Waals surface area contributed by atoms with Gasteiger partial charge in [-0.05, 0) is 54.4 Å². The molecule has 0 amide bonds. The van der Waals surface area contributed by atoms with Crippen LogP contribution < -0.4 is 4.74 Å². The second-order valence-electron chi connectivity index (χ2n) is 7.35. The molecule has 2 heterocycles. The first-order valence-electron chi connectivity index (χ1n) is 10.2. The number of carbonyl (C=O) groups is 1. The van der Waals surface area contributed by atoms with Gasteiger partial charge in [0.1, 0.15) is 29.6 Å². The van der Waals surface area contributed by atoms with Gasteiger partial charge in [0.25, 0.3) is 0 Å². The van der Waals surface area contributed by atoms with Crippen molar-refractivity contribution in [2.75, 3.05) is 6.61 Å². The van der Waals surface area contributed by atoms with Gasteiger partial charge in [0, 0.05) is 17.5 Å². The maximum Gasteiger partial charge on any atom is 0.339 e. The molecule has 0 radical (unpaired) electrons. The Morgan fingerprint density at radius 2 is 1.88 bits per heavy atom. The van der Waals surface area contributed by atoms with Crippen LogP contribution in [-0.2, 0) is 6.54 Å². The third-order valence-corrected chi connectivity index (χ3v) is 5.04. The minimum Gasteiger partial charge on any atom is -0.507 e. The molecule has 0 bridgehead atoms. The number of hydrogen-bond donors (Lipinski definition) is 2. The van der Waals surface area contributed by atoms with Gasteiger partial charge in [0.15, 0.2) is 0 Å². The highest BCUT2D eigenvalue weighted by Crippen LogP contribution is 2.29. The Kier molecular flexibility index (Phi) is 6.04. The SMILES string of the molecule is Cc1ccc(C#N)c(OCCn2ccc(-c3cccc(-c4ccc(C(=O)O)c(O)c4)c3)n2)n1. The van der Waals surface area contributed by atoms with Crippen molar-refractivity contribution in [3.8, 4) is 40.1 Å². The fourth-order valence-corrected chi connectivity index (χ4v) is 3.35. The fraction of sp³-hybridized carbons (Fsp3) is 0.120. The van der Waals surface area contributed by atoms with Gasteiger partial charge in [0.2, 0.25) is 5.88 Å². The van der Waals surface area contributed by atoms with E-state index < -0.39 is 5.97 Å². The minimum atomic E-state index is -1.18. The average Bonchev–Trinajstić information content (AvgIpc) is 3.28. The predicted molar refractivity (Wildman–Crippen MR) is 121 cm³/mol. The third-order valence-electron chi connectivity index (χ3n) is 5.04. The van der Waals surface area contributed by atoms with E-state index in [0.29, 0.717) is 30.2 Å². The Labute approximate surface area is 190 Å². The largest absolute Gasteiger partial charge is 0.507 e. The van der Waals surface area contributed by atoms with Gasteiger partial charge in [-0.1, -0.05) is 24.3 Å². The summed E-state index contributed by atoms with van der Waals surface area (Å²) in [5, 5.41) is 32.9. The van der Waals surface area contributed by atoms with Crippen LogP contribution in [0.3, 0.4) is 0 Å². The van der Waals surface area contributed by atoms with Crippen LogP contribution in [0.2, 0.25) is 0 Å². The molecule has 2 aromatic heterocycles. The van der Waals surface area contributed by atoms with E-state index in [1.165, 1.54) is 12.1 Å². The molecule has 33 heavy (non-hydrogen) atoms. The molecule has 8 nitrogen and oxygen atoms in total. The summed E-state index contributed by atoms with van der Waals surface area (Å²) < 4.78 is 7.43. The molecule has 0 aliphatic carbocycles. The van der Waals surface area contributed by atoms with Gasteiger partial charge in [-0.3, -0.25) is 4.68 Å². The quantitative estimate of drug-likeness (QED) is 0.440. The van der Waals surface area contributed by atoms with E-state index in [0.717, 1.165) is 22.5 Å². The molecule has 8 heteroatoms. The lowest BCUT2D eigenvalue weighted by molar-refractivity contribution is 0.0693. The monoisotopic (exact) mass is 440 g/mol. The number of phenols is 1. The van der Waals surface area contributed by atoms with Gasteiger partial charge in [-0.15, -0.1) is 0 Å². The zero-order valence-electron chi connectivity index (χ0n) is 17.8. The molecule has 0 unspecified atom stereocenters. The molecule has 0 saturated heterocycles. The van der Waals surface area contributed by atoms with Crippen LogP contribution in [0.4, 0.5) is 0 Å². The molecule has 0 saturated carbocycles. The van der Waals surface area contributed by atoms with Crippen molar-refractivity contribution in [1.29, 1.82) is 5.26 Å². The number of nitriles is 1. The first-order chi connectivity index (χ1) is 15.9. The number of aromatic hydroxyl groups is 1. The molecule has 2 aromatic carbocycles. The van der Waals surface area contributed by atoms with Crippen molar-refractivity contribution in [3.05, 3.63) is 83.7 Å². The minimum absolute atomic E-state index is 0.140. The van der Waals surface area contributed by atoms with Crippen LogP contribution in [0.1, 0.15) is 21.6 Å². The molecular formula is C25H20N4O4. The Bertz CT molecular complexity index is 1370. The lowest BCUT2D eigenvalue weighted by Crippen LogP contribution is -2.10. The number of pyridine rings is 1. The highest BCUT2D eigenvalue weighted by atomic mass is 16.5. The highest BCUT2D eigenvalue weighted by molar-refractivity contribution is 5.91. The summed E-state index contributed by atoms with van der Waals surface area (Å²) >= 11 is 0. The van der Waals surface area contributed by atoms with E-state index in [1.54, 1.807) is 22.9 Å². The van der Waals surface area contributed by atoms with Gasteiger partial charge in [0.05, 0.1) is 12.2 Å². The van der Waals surface area contributed by atoms with Crippen molar-refractivity contribution >= 4 is 5.97 Å². The van der Waals surface area contributed by atoms with Crippen molar-refractivity contribution in [2.24, 2.45) is 0 Å². The van der Waals surface area contributed by atoms with Crippen LogP contribution in [0.15, 0.2) is 66.9 Å². The summed E-state index contributed by atoms with van der Waals surface area (Å²) in [6.45, 7) is 2.62. The van der Waals surface area contributed by atoms with Crippen LogP contribution in [0.5, 0.6) is 11.6 Å². The zero-order valence-corrected chi connectivity index (χ0v) is 17.8. The first-order valence-corrected chi connectivity index (χ1v) is 10.2. The third kappa shape index (κ3) is 4.83. The fourth-order valence-electron chi connectivity index (χ4n) is 3.35. The van der Waals surface area contributed by atoms with Crippen LogP contribution in [0, 0.1) is 18.3 Å². The van der Waals surface area contributed by atoms with Crippen LogP contribution >= 0.6 is 0 Å².